The minimum absolute atomic E-state index is 0.0503. The van der Waals surface area contributed by atoms with Gasteiger partial charge in [0.1, 0.15) is 17.3 Å². The average Bonchev–Trinajstić information content (AvgIpc) is 3.41. The Kier molecular flexibility index (Phi) is 6.30. The Morgan fingerprint density at radius 3 is 2.57 bits per heavy atom. The number of nitrogens with zero attached hydrogens (tertiary/aromatic N) is 4. The maximum absolute atomic E-state index is 14.8. The summed E-state index contributed by atoms with van der Waals surface area (Å²) in [6.07, 6.45) is 0. The molecule has 0 bridgehead atoms. The average molecular weight is 521 g/mol. The highest BCUT2D eigenvalue weighted by Gasteiger charge is 2.34. The normalized spacial score (nSPS) is 12.7. The number of aromatic nitrogens is 2. The molecule has 2 aromatic carbocycles. The molecule has 1 aliphatic heterocycles. The van der Waals surface area contributed by atoms with Crippen LogP contribution in [0.25, 0.3) is 11.3 Å². The van der Waals surface area contributed by atoms with E-state index in [-0.39, 0.29) is 24.2 Å². The molecular weight excluding hydrogens is 498 g/mol. The first kappa shape index (κ1) is 24.3. The van der Waals surface area contributed by atoms with E-state index >= 15 is 0 Å². The maximum Gasteiger partial charge on any atom is 0.328 e. The number of para-hydroxylation sites is 1. The van der Waals surface area contributed by atoms with Crippen LogP contribution in [-0.2, 0) is 6.54 Å². The van der Waals surface area contributed by atoms with Crippen LogP contribution in [0.1, 0.15) is 21.5 Å². The molecule has 0 saturated carbocycles. The van der Waals surface area contributed by atoms with Gasteiger partial charge in [-0.1, -0.05) is 12.1 Å². The van der Waals surface area contributed by atoms with E-state index in [1.54, 1.807) is 42.6 Å². The van der Waals surface area contributed by atoms with E-state index in [1.807, 2.05) is 18.4 Å². The lowest BCUT2D eigenvalue weighted by Gasteiger charge is -2.31. The van der Waals surface area contributed by atoms with Gasteiger partial charge in [0.05, 0.1) is 17.8 Å². The lowest BCUT2D eigenvalue weighted by atomic mass is 9.99. The number of hydrogen-bond acceptors (Lipinski definition) is 6. The molecule has 3 amide bonds. The van der Waals surface area contributed by atoms with E-state index < -0.39 is 23.4 Å². The van der Waals surface area contributed by atoms with E-state index in [4.69, 9.17) is 4.98 Å². The number of fused-ring (bicyclic) bond motifs is 1. The monoisotopic (exact) mass is 520 g/mol. The number of nitrogens with one attached hydrogen (secondary N) is 2. The lowest BCUT2D eigenvalue weighted by Crippen LogP contribution is -2.43. The highest BCUT2D eigenvalue weighted by Crippen LogP contribution is 2.39. The second-order valence-electron chi connectivity index (χ2n) is 8.63. The van der Waals surface area contributed by atoms with Crippen LogP contribution >= 0.6 is 11.3 Å². The van der Waals surface area contributed by atoms with E-state index in [0.29, 0.717) is 28.1 Å². The Balaban J connectivity index is 1.67. The zero-order valence-corrected chi connectivity index (χ0v) is 21.0. The van der Waals surface area contributed by atoms with Gasteiger partial charge in [-0.25, -0.2) is 23.5 Å². The van der Waals surface area contributed by atoms with Gasteiger partial charge in [0.2, 0.25) is 5.95 Å². The summed E-state index contributed by atoms with van der Waals surface area (Å²) < 4.78 is 29.6. The van der Waals surface area contributed by atoms with Gasteiger partial charge in [0.25, 0.3) is 5.91 Å². The summed E-state index contributed by atoms with van der Waals surface area (Å²) in [5.41, 5.74) is 3.05. The van der Waals surface area contributed by atoms with E-state index in [1.165, 1.54) is 17.4 Å². The van der Waals surface area contributed by atoms with Crippen molar-refractivity contribution in [1.29, 1.82) is 0 Å². The van der Waals surface area contributed by atoms with Crippen molar-refractivity contribution >= 4 is 46.4 Å². The molecular formula is C26H22F2N6O2S. The molecule has 0 aliphatic carbocycles. The van der Waals surface area contributed by atoms with Crippen molar-refractivity contribution in [3.05, 3.63) is 81.5 Å². The first-order valence-electron chi connectivity index (χ1n) is 11.3. The number of carbonyl (C=O) groups excluding carboxylic acids is 2. The molecule has 2 N–H and O–H groups in total. The number of hydrogen-bond donors (Lipinski definition) is 2. The van der Waals surface area contributed by atoms with E-state index in [2.05, 4.69) is 15.6 Å². The quantitative estimate of drug-likeness (QED) is 0.364. The molecule has 0 atom stereocenters. The second kappa shape index (κ2) is 9.58. The molecule has 0 unspecified atom stereocenters. The van der Waals surface area contributed by atoms with Gasteiger partial charge in [0.15, 0.2) is 5.82 Å². The van der Waals surface area contributed by atoms with E-state index in [0.717, 1.165) is 22.6 Å². The van der Waals surface area contributed by atoms with Crippen molar-refractivity contribution in [3.63, 3.8) is 0 Å². The fraction of sp³-hybridized carbons (Fsp3) is 0.154. The minimum Gasteiger partial charge on any atom is -0.347 e. The molecule has 37 heavy (non-hydrogen) atoms. The largest absolute Gasteiger partial charge is 0.347 e. The van der Waals surface area contributed by atoms with Crippen molar-refractivity contribution in [1.82, 2.24) is 15.3 Å². The summed E-state index contributed by atoms with van der Waals surface area (Å²) in [6.45, 7) is 1.94. The number of rotatable bonds is 5. The van der Waals surface area contributed by atoms with Crippen molar-refractivity contribution in [2.24, 2.45) is 0 Å². The van der Waals surface area contributed by atoms with Crippen LogP contribution in [0, 0.1) is 18.6 Å². The number of anilines is 4. The fourth-order valence-electron chi connectivity index (χ4n) is 4.03. The molecule has 3 heterocycles. The first-order valence-corrected chi connectivity index (χ1v) is 12.2. The molecule has 5 rings (SSSR count). The number of amides is 3. The lowest BCUT2D eigenvalue weighted by molar-refractivity contribution is 0.102. The molecule has 11 heteroatoms. The molecule has 2 aromatic heterocycles. The molecule has 1 aliphatic rings. The van der Waals surface area contributed by atoms with Crippen LogP contribution in [0.5, 0.6) is 0 Å². The standard InChI is InChI=1S/C26H22F2N6O2S/c1-14-7-8-16(30-24(35)15-9-10-37-13-15)11-17(14)21-18-12-29-26(36)34(22-19(27)5-4-6-20(22)28)23(18)32-25(31-21)33(2)3/h4-11,13H,12H2,1-3H3,(H,29,36)(H,30,35). The predicted octanol–water partition coefficient (Wildman–Crippen LogP) is 5.47. The molecule has 0 saturated heterocycles. The molecule has 8 nitrogen and oxygen atoms in total. The highest BCUT2D eigenvalue weighted by atomic mass is 32.1. The maximum atomic E-state index is 14.8. The van der Waals surface area contributed by atoms with Crippen LogP contribution in [0.4, 0.5) is 36.7 Å². The predicted molar refractivity (Wildman–Crippen MR) is 140 cm³/mol. The Labute approximate surface area is 215 Å². The van der Waals surface area contributed by atoms with Crippen LogP contribution in [0.3, 0.4) is 0 Å². The van der Waals surface area contributed by atoms with Crippen molar-refractivity contribution in [3.8, 4) is 11.3 Å². The Hall–Kier alpha value is -4.38. The molecule has 4 aromatic rings. The SMILES string of the molecule is Cc1ccc(NC(=O)c2ccsc2)cc1-c1nc(N(C)C)nc2c1CNC(=O)N2c1c(F)cccc1F. The highest BCUT2D eigenvalue weighted by molar-refractivity contribution is 7.08. The van der Waals surface area contributed by atoms with Crippen LogP contribution in [-0.4, -0.2) is 36.0 Å². The van der Waals surface area contributed by atoms with Gasteiger partial charge in [-0.2, -0.15) is 16.3 Å². The Morgan fingerprint density at radius 2 is 1.89 bits per heavy atom. The first-order chi connectivity index (χ1) is 17.7. The van der Waals surface area contributed by atoms with Gasteiger partial charge in [-0.15, -0.1) is 0 Å². The summed E-state index contributed by atoms with van der Waals surface area (Å²) in [5, 5.41) is 9.15. The summed E-state index contributed by atoms with van der Waals surface area (Å²) in [7, 11) is 3.46. The third-order valence-corrected chi connectivity index (χ3v) is 6.58. The summed E-state index contributed by atoms with van der Waals surface area (Å²) >= 11 is 1.43. The molecule has 0 radical (unpaired) electrons. The molecule has 0 spiro atoms. The molecule has 0 fully saturated rings. The minimum atomic E-state index is -0.899. The topological polar surface area (TPSA) is 90.5 Å². The van der Waals surface area contributed by atoms with Gasteiger partial charge in [0, 0.05) is 36.3 Å². The summed E-state index contributed by atoms with van der Waals surface area (Å²) in [4.78, 5) is 37.3. The van der Waals surface area contributed by atoms with Gasteiger partial charge >= 0.3 is 6.03 Å². The summed E-state index contributed by atoms with van der Waals surface area (Å²) in [5.74, 6) is -1.72. The third-order valence-electron chi connectivity index (χ3n) is 5.90. The third kappa shape index (κ3) is 4.49. The zero-order chi connectivity index (χ0) is 26.3. The molecule has 188 valence electrons. The Bertz CT molecular complexity index is 1500. The zero-order valence-electron chi connectivity index (χ0n) is 20.2. The van der Waals surface area contributed by atoms with Crippen molar-refractivity contribution in [2.75, 3.05) is 29.2 Å². The van der Waals surface area contributed by atoms with Gasteiger partial charge in [-0.05, 0) is 48.2 Å². The summed E-state index contributed by atoms with van der Waals surface area (Å²) in [6, 6.07) is 9.83. The fourth-order valence-corrected chi connectivity index (χ4v) is 4.67. The number of carbonyl (C=O) groups is 2. The van der Waals surface area contributed by atoms with Gasteiger partial charge in [-0.3, -0.25) is 4.79 Å². The van der Waals surface area contributed by atoms with E-state index in [9.17, 15) is 18.4 Å². The van der Waals surface area contributed by atoms with Crippen LogP contribution in [0.15, 0.2) is 53.2 Å². The number of aryl methyl sites for hydroxylation is 1. The number of benzene rings is 2. The van der Waals surface area contributed by atoms with Crippen molar-refractivity contribution in [2.45, 2.75) is 13.5 Å². The Morgan fingerprint density at radius 1 is 1.14 bits per heavy atom. The van der Waals surface area contributed by atoms with Crippen LogP contribution in [0.2, 0.25) is 0 Å². The number of urea groups is 1. The number of halogens is 2. The van der Waals surface area contributed by atoms with Gasteiger partial charge < -0.3 is 15.5 Å². The van der Waals surface area contributed by atoms with Crippen LogP contribution < -0.4 is 20.4 Å². The number of thiophene rings is 1. The van der Waals surface area contributed by atoms with Crippen molar-refractivity contribution < 1.29 is 18.4 Å². The smallest absolute Gasteiger partial charge is 0.328 e. The second-order valence-corrected chi connectivity index (χ2v) is 9.41.